The van der Waals surface area contributed by atoms with E-state index in [-0.39, 0.29) is 31.0 Å². The molecule has 0 bridgehead atoms. The van der Waals surface area contributed by atoms with Gasteiger partial charge in [0, 0.05) is 29.1 Å². The molecule has 0 saturated heterocycles. The molecule has 1 aliphatic carbocycles. The van der Waals surface area contributed by atoms with Crippen LogP contribution < -0.4 is 10.1 Å². The van der Waals surface area contributed by atoms with Gasteiger partial charge in [-0.15, -0.1) is 0 Å². The van der Waals surface area contributed by atoms with E-state index in [1.54, 1.807) is 35.2 Å². The van der Waals surface area contributed by atoms with Gasteiger partial charge in [-0.2, -0.15) is 0 Å². The Bertz CT molecular complexity index is 1210. The second-order valence-corrected chi connectivity index (χ2v) is 10.7. The van der Waals surface area contributed by atoms with E-state index in [0.717, 1.165) is 42.4 Å². The number of amides is 2. The molecule has 200 valence electrons. The molecule has 1 atom stereocenters. The lowest BCUT2D eigenvalue weighted by Gasteiger charge is -2.33. The molecule has 0 aromatic heterocycles. The number of carbonyl (C=O) groups is 2. The second-order valence-electron chi connectivity index (χ2n) is 9.90. The highest BCUT2D eigenvalue weighted by atomic mass is 35.5. The standard InChI is InChI=1S/C31H34Cl2N2O3/c1-22-18-27(16-17-28(22)33)38-21-30(36)35(20-24-12-14-25(32)15-13-24)29(19-23-8-4-2-5-9-23)31(37)34-26-10-6-3-7-11-26/h2,4-5,8-9,12-18,26,29H,3,6-7,10-11,19-21H2,1H3,(H,34,37)/t29-/m1/s1. The molecule has 0 spiro atoms. The largest absolute Gasteiger partial charge is 0.484 e. The molecule has 3 aromatic carbocycles. The van der Waals surface area contributed by atoms with E-state index in [0.29, 0.717) is 22.2 Å². The number of ether oxygens (including phenoxy) is 1. The Morgan fingerprint density at radius 1 is 0.947 bits per heavy atom. The maximum absolute atomic E-state index is 13.8. The fourth-order valence-corrected chi connectivity index (χ4v) is 5.06. The van der Waals surface area contributed by atoms with Gasteiger partial charge in [-0.1, -0.05) is 84.9 Å². The van der Waals surface area contributed by atoms with Crippen molar-refractivity contribution in [1.82, 2.24) is 10.2 Å². The minimum Gasteiger partial charge on any atom is -0.484 e. The fraction of sp³-hybridized carbons (Fsp3) is 0.355. The summed E-state index contributed by atoms with van der Waals surface area (Å²) in [6.07, 6.45) is 5.75. The molecule has 0 heterocycles. The van der Waals surface area contributed by atoms with Crippen LogP contribution in [0.5, 0.6) is 5.75 Å². The summed E-state index contributed by atoms with van der Waals surface area (Å²) in [6.45, 7) is 1.95. The zero-order valence-electron chi connectivity index (χ0n) is 21.7. The monoisotopic (exact) mass is 552 g/mol. The van der Waals surface area contributed by atoms with E-state index < -0.39 is 6.04 Å². The Labute approximate surface area is 235 Å². The van der Waals surface area contributed by atoms with Crippen LogP contribution in [0.25, 0.3) is 0 Å². The summed E-state index contributed by atoms with van der Waals surface area (Å²) >= 11 is 12.3. The first-order valence-electron chi connectivity index (χ1n) is 13.2. The minimum absolute atomic E-state index is 0.134. The second kappa shape index (κ2) is 13.7. The van der Waals surface area contributed by atoms with Crippen LogP contribution in [0.15, 0.2) is 72.8 Å². The number of nitrogens with zero attached hydrogens (tertiary/aromatic N) is 1. The van der Waals surface area contributed by atoms with Crippen LogP contribution in [0.2, 0.25) is 10.0 Å². The van der Waals surface area contributed by atoms with Crippen molar-refractivity contribution in [3.8, 4) is 5.75 Å². The molecule has 5 nitrogen and oxygen atoms in total. The van der Waals surface area contributed by atoms with Crippen LogP contribution in [0.4, 0.5) is 0 Å². The Kier molecular flexibility index (Phi) is 10.1. The third-order valence-electron chi connectivity index (χ3n) is 6.98. The van der Waals surface area contributed by atoms with E-state index in [1.807, 2.05) is 49.4 Å². The maximum atomic E-state index is 13.8. The van der Waals surface area contributed by atoms with Crippen LogP contribution in [0.1, 0.15) is 48.8 Å². The number of carbonyl (C=O) groups excluding carboxylic acids is 2. The van der Waals surface area contributed by atoms with Crippen LogP contribution in [-0.4, -0.2) is 35.4 Å². The first-order chi connectivity index (χ1) is 18.4. The van der Waals surface area contributed by atoms with Crippen LogP contribution in [0.3, 0.4) is 0 Å². The van der Waals surface area contributed by atoms with Gasteiger partial charge in [0.25, 0.3) is 5.91 Å². The number of nitrogens with one attached hydrogen (secondary N) is 1. The molecule has 1 saturated carbocycles. The third-order valence-corrected chi connectivity index (χ3v) is 7.66. The predicted molar refractivity (Wildman–Crippen MR) is 153 cm³/mol. The molecule has 4 rings (SSSR count). The van der Waals surface area contributed by atoms with Crippen LogP contribution >= 0.6 is 23.2 Å². The summed E-state index contributed by atoms with van der Waals surface area (Å²) in [5, 5.41) is 4.50. The van der Waals surface area contributed by atoms with E-state index in [1.165, 1.54) is 6.42 Å². The first kappa shape index (κ1) is 28.0. The molecule has 1 N–H and O–H groups in total. The molecule has 3 aromatic rings. The molecule has 38 heavy (non-hydrogen) atoms. The van der Waals surface area contributed by atoms with Gasteiger partial charge in [-0.3, -0.25) is 9.59 Å². The highest BCUT2D eigenvalue weighted by Crippen LogP contribution is 2.23. The molecular formula is C31H34Cl2N2O3. The van der Waals surface area contributed by atoms with E-state index in [9.17, 15) is 9.59 Å². The average Bonchev–Trinajstić information content (AvgIpc) is 2.93. The number of benzene rings is 3. The highest BCUT2D eigenvalue weighted by Gasteiger charge is 2.32. The normalized spacial score (nSPS) is 14.5. The van der Waals surface area contributed by atoms with Crippen molar-refractivity contribution >= 4 is 35.0 Å². The molecular weight excluding hydrogens is 519 g/mol. The molecule has 1 fully saturated rings. The van der Waals surface area contributed by atoms with Crippen molar-refractivity contribution in [2.24, 2.45) is 0 Å². The van der Waals surface area contributed by atoms with Gasteiger partial charge in [0.2, 0.25) is 5.91 Å². The van der Waals surface area contributed by atoms with Crippen LogP contribution in [-0.2, 0) is 22.6 Å². The fourth-order valence-electron chi connectivity index (χ4n) is 4.82. The molecule has 1 aliphatic rings. The van der Waals surface area contributed by atoms with Gasteiger partial charge in [-0.05, 0) is 66.8 Å². The Balaban J connectivity index is 1.60. The summed E-state index contributed by atoms with van der Waals surface area (Å²) in [5.41, 5.74) is 2.73. The zero-order valence-corrected chi connectivity index (χ0v) is 23.2. The van der Waals surface area contributed by atoms with Gasteiger partial charge < -0.3 is 15.0 Å². The number of hydrogen-bond donors (Lipinski definition) is 1. The summed E-state index contributed by atoms with van der Waals surface area (Å²) < 4.78 is 5.87. The molecule has 0 radical (unpaired) electrons. The van der Waals surface area contributed by atoms with Crippen molar-refractivity contribution in [2.45, 2.75) is 64.1 Å². The summed E-state index contributed by atoms with van der Waals surface area (Å²) in [4.78, 5) is 29.2. The third kappa shape index (κ3) is 7.99. The van der Waals surface area contributed by atoms with Gasteiger partial charge in [0.15, 0.2) is 6.61 Å². The van der Waals surface area contributed by atoms with E-state index >= 15 is 0 Å². The zero-order chi connectivity index (χ0) is 26.9. The first-order valence-corrected chi connectivity index (χ1v) is 13.9. The van der Waals surface area contributed by atoms with Gasteiger partial charge in [0.1, 0.15) is 11.8 Å². The number of hydrogen-bond acceptors (Lipinski definition) is 3. The molecule has 2 amide bonds. The lowest BCUT2D eigenvalue weighted by Crippen LogP contribution is -2.53. The van der Waals surface area contributed by atoms with Crippen molar-refractivity contribution in [3.05, 3.63) is 99.5 Å². The molecule has 0 unspecified atom stereocenters. The topological polar surface area (TPSA) is 58.6 Å². The Hall–Kier alpha value is -3.02. The minimum atomic E-state index is -0.696. The SMILES string of the molecule is Cc1cc(OCC(=O)N(Cc2ccc(Cl)cc2)[C@H](Cc2ccccc2)C(=O)NC2CCCCC2)ccc1Cl. The summed E-state index contributed by atoms with van der Waals surface area (Å²) in [6, 6.07) is 21.9. The van der Waals surface area contributed by atoms with Crippen molar-refractivity contribution in [1.29, 1.82) is 0 Å². The van der Waals surface area contributed by atoms with E-state index in [4.69, 9.17) is 27.9 Å². The van der Waals surface area contributed by atoms with Gasteiger partial charge in [0.05, 0.1) is 0 Å². The number of aryl methyl sites for hydroxylation is 1. The number of rotatable bonds is 10. The molecule has 0 aliphatic heterocycles. The van der Waals surface area contributed by atoms with Gasteiger partial charge in [-0.25, -0.2) is 0 Å². The quantitative estimate of drug-likeness (QED) is 0.302. The average molecular weight is 554 g/mol. The number of halogens is 2. The summed E-state index contributed by atoms with van der Waals surface area (Å²) in [5.74, 6) is 0.149. The van der Waals surface area contributed by atoms with Gasteiger partial charge >= 0.3 is 0 Å². The van der Waals surface area contributed by atoms with E-state index in [2.05, 4.69) is 5.32 Å². The smallest absolute Gasteiger partial charge is 0.261 e. The summed E-state index contributed by atoms with van der Waals surface area (Å²) in [7, 11) is 0. The highest BCUT2D eigenvalue weighted by molar-refractivity contribution is 6.31. The van der Waals surface area contributed by atoms with Crippen LogP contribution in [0, 0.1) is 6.92 Å². The van der Waals surface area contributed by atoms with Crippen molar-refractivity contribution in [2.75, 3.05) is 6.61 Å². The Morgan fingerprint density at radius 2 is 1.66 bits per heavy atom. The van der Waals surface area contributed by atoms with Crippen molar-refractivity contribution < 1.29 is 14.3 Å². The van der Waals surface area contributed by atoms with Crippen molar-refractivity contribution in [3.63, 3.8) is 0 Å². The molecule has 7 heteroatoms. The lowest BCUT2D eigenvalue weighted by molar-refractivity contribution is -0.143. The predicted octanol–water partition coefficient (Wildman–Crippen LogP) is 6.77. The lowest BCUT2D eigenvalue weighted by atomic mass is 9.94. The maximum Gasteiger partial charge on any atom is 0.261 e. The Morgan fingerprint density at radius 3 is 2.34 bits per heavy atom.